The third-order valence-corrected chi connectivity index (χ3v) is 3.07. The molecule has 2 aromatic rings. The summed E-state index contributed by atoms with van der Waals surface area (Å²) in [6, 6.07) is 4.46. The van der Waals surface area contributed by atoms with Gasteiger partial charge in [-0.05, 0) is 12.1 Å². The summed E-state index contributed by atoms with van der Waals surface area (Å²) in [5.74, 6) is -0.422. The van der Waals surface area contributed by atoms with Crippen molar-refractivity contribution in [2.75, 3.05) is 5.32 Å². The maximum atomic E-state index is 13.3. The van der Waals surface area contributed by atoms with Crippen LogP contribution in [0.2, 0.25) is 10.2 Å². The van der Waals surface area contributed by atoms with Gasteiger partial charge in [-0.15, -0.1) is 11.3 Å². The van der Waals surface area contributed by atoms with Gasteiger partial charge in [0.05, 0.1) is 10.7 Å². The van der Waals surface area contributed by atoms with Crippen LogP contribution >= 0.6 is 34.5 Å². The molecule has 1 aromatic heterocycles. The van der Waals surface area contributed by atoms with Gasteiger partial charge in [0, 0.05) is 5.38 Å². The standard InChI is InChI=1S/C9H5Cl2FN2S/c10-5-2-1-3-6(12)8(5)14-9-13-7(11)4-15-9/h1-4H,(H,13,14). The summed E-state index contributed by atoms with van der Waals surface area (Å²) in [6.45, 7) is 0. The Hall–Kier alpha value is -0.840. The van der Waals surface area contributed by atoms with Gasteiger partial charge in [-0.3, -0.25) is 0 Å². The van der Waals surface area contributed by atoms with E-state index in [2.05, 4.69) is 10.3 Å². The van der Waals surface area contributed by atoms with Gasteiger partial charge in [0.25, 0.3) is 0 Å². The molecular formula is C9H5Cl2FN2S. The monoisotopic (exact) mass is 262 g/mol. The molecule has 2 rings (SSSR count). The number of halogens is 3. The van der Waals surface area contributed by atoms with Crippen LogP contribution in [0.5, 0.6) is 0 Å². The molecule has 0 saturated carbocycles. The van der Waals surface area contributed by atoms with Crippen LogP contribution in [-0.4, -0.2) is 4.98 Å². The van der Waals surface area contributed by atoms with E-state index < -0.39 is 5.82 Å². The summed E-state index contributed by atoms with van der Waals surface area (Å²) in [5.41, 5.74) is 0.213. The van der Waals surface area contributed by atoms with E-state index in [1.807, 2.05) is 0 Å². The zero-order chi connectivity index (χ0) is 10.8. The minimum atomic E-state index is -0.422. The fourth-order valence-electron chi connectivity index (χ4n) is 1.04. The number of nitrogens with one attached hydrogen (secondary N) is 1. The smallest absolute Gasteiger partial charge is 0.188 e. The number of anilines is 2. The van der Waals surface area contributed by atoms with Gasteiger partial charge >= 0.3 is 0 Å². The third-order valence-electron chi connectivity index (χ3n) is 1.67. The van der Waals surface area contributed by atoms with Crippen LogP contribution in [0, 0.1) is 5.82 Å². The minimum Gasteiger partial charge on any atom is -0.328 e. The first-order chi connectivity index (χ1) is 7.16. The molecule has 6 heteroatoms. The Kier molecular flexibility index (Phi) is 3.09. The normalized spacial score (nSPS) is 10.3. The fourth-order valence-corrected chi connectivity index (χ4v) is 2.09. The number of thiazole rings is 1. The number of aromatic nitrogens is 1. The molecule has 0 unspecified atom stereocenters. The molecule has 0 spiro atoms. The highest BCUT2D eigenvalue weighted by atomic mass is 35.5. The maximum Gasteiger partial charge on any atom is 0.188 e. The zero-order valence-electron chi connectivity index (χ0n) is 7.30. The largest absolute Gasteiger partial charge is 0.328 e. The van der Waals surface area contributed by atoms with Crippen LogP contribution in [0.15, 0.2) is 23.6 Å². The Morgan fingerprint density at radius 1 is 1.33 bits per heavy atom. The quantitative estimate of drug-likeness (QED) is 0.872. The first kappa shape index (κ1) is 10.7. The average molecular weight is 263 g/mol. The molecule has 2 nitrogen and oxygen atoms in total. The third kappa shape index (κ3) is 2.40. The molecule has 0 aliphatic heterocycles. The fraction of sp³-hybridized carbons (Fsp3) is 0. The highest BCUT2D eigenvalue weighted by Crippen LogP contribution is 2.30. The van der Waals surface area contributed by atoms with Gasteiger partial charge in [0.2, 0.25) is 0 Å². The van der Waals surface area contributed by atoms with E-state index in [1.54, 1.807) is 11.4 Å². The van der Waals surface area contributed by atoms with Crippen molar-refractivity contribution >= 4 is 45.4 Å². The summed E-state index contributed by atoms with van der Waals surface area (Å²) in [4.78, 5) is 3.94. The Balaban J connectivity index is 2.31. The molecule has 0 bridgehead atoms. The second-order valence-corrected chi connectivity index (χ2v) is 4.35. The predicted octanol–water partition coefficient (Wildman–Crippen LogP) is 4.33. The molecule has 0 atom stereocenters. The maximum absolute atomic E-state index is 13.3. The van der Waals surface area contributed by atoms with Crippen LogP contribution in [0.4, 0.5) is 15.2 Å². The van der Waals surface area contributed by atoms with E-state index in [-0.39, 0.29) is 5.69 Å². The van der Waals surface area contributed by atoms with Gasteiger partial charge in [-0.1, -0.05) is 29.3 Å². The highest BCUT2D eigenvalue weighted by Gasteiger charge is 2.08. The van der Waals surface area contributed by atoms with E-state index in [9.17, 15) is 4.39 Å². The van der Waals surface area contributed by atoms with Crippen LogP contribution in [0.1, 0.15) is 0 Å². The van der Waals surface area contributed by atoms with E-state index in [1.165, 1.54) is 23.5 Å². The highest BCUT2D eigenvalue weighted by molar-refractivity contribution is 7.14. The topological polar surface area (TPSA) is 24.9 Å². The average Bonchev–Trinajstić information content (AvgIpc) is 2.58. The molecule has 0 saturated heterocycles. The summed E-state index contributed by atoms with van der Waals surface area (Å²) >= 11 is 12.7. The minimum absolute atomic E-state index is 0.213. The molecule has 15 heavy (non-hydrogen) atoms. The van der Waals surface area contributed by atoms with Crippen molar-refractivity contribution in [1.82, 2.24) is 4.98 Å². The van der Waals surface area contributed by atoms with Gasteiger partial charge in [0.1, 0.15) is 11.0 Å². The first-order valence-corrected chi connectivity index (χ1v) is 5.62. The molecule has 0 radical (unpaired) electrons. The van der Waals surface area contributed by atoms with Crippen molar-refractivity contribution in [3.63, 3.8) is 0 Å². The van der Waals surface area contributed by atoms with E-state index in [0.717, 1.165) is 0 Å². The molecule has 0 amide bonds. The SMILES string of the molecule is Fc1cccc(Cl)c1Nc1nc(Cl)cs1. The van der Waals surface area contributed by atoms with Crippen molar-refractivity contribution in [3.05, 3.63) is 39.6 Å². The second kappa shape index (κ2) is 4.35. The van der Waals surface area contributed by atoms with E-state index >= 15 is 0 Å². The number of hydrogen-bond donors (Lipinski definition) is 1. The lowest BCUT2D eigenvalue weighted by molar-refractivity contribution is 0.632. The Labute approximate surface area is 99.7 Å². The number of rotatable bonds is 2. The molecule has 1 heterocycles. The second-order valence-electron chi connectivity index (χ2n) is 2.70. The van der Waals surface area contributed by atoms with Crippen LogP contribution < -0.4 is 5.32 Å². The first-order valence-electron chi connectivity index (χ1n) is 3.99. The van der Waals surface area contributed by atoms with E-state index in [0.29, 0.717) is 15.3 Å². The molecule has 0 aliphatic rings. The molecule has 78 valence electrons. The van der Waals surface area contributed by atoms with Crippen molar-refractivity contribution in [3.8, 4) is 0 Å². The van der Waals surface area contributed by atoms with Crippen LogP contribution in [0.25, 0.3) is 0 Å². The Morgan fingerprint density at radius 3 is 2.73 bits per heavy atom. The Morgan fingerprint density at radius 2 is 2.13 bits per heavy atom. The lowest BCUT2D eigenvalue weighted by atomic mass is 10.3. The van der Waals surface area contributed by atoms with Gasteiger partial charge < -0.3 is 5.32 Å². The van der Waals surface area contributed by atoms with Crippen molar-refractivity contribution < 1.29 is 4.39 Å². The number of hydrogen-bond acceptors (Lipinski definition) is 3. The number of benzene rings is 1. The lowest BCUT2D eigenvalue weighted by Gasteiger charge is -2.05. The number of para-hydroxylation sites is 1. The Bertz CT molecular complexity index is 466. The van der Waals surface area contributed by atoms with Crippen LogP contribution in [-0.2, 0) is 0 Å². The lowest BCUT2D eigenvalue weighted by Crippen LogP contribution is -1.93. The molecule has 1 aromatic carbocycles. The van der Waals surface area contributed by atoms with Crippen molar-refractivity contribution in [2.45, 2.75) is 0 Å². The van der Waals surface area contributed by atoms with Crippen molar-refractivity contribution in [1.29, 1.82) is 0 Å². The predicted molar refractivity (Wildman–Crippen MR) is 61.8 cm³/mol. The summed E-state index contributed by atoms with van der Waals surface area (Å²) in [7, 11) is 0. The molecule has 1 N–H and O–H groups in total. The van der Waals surface area contributed by atoms with Crippen LogP contribution in [0.3, 0.4) is 0 Å². The zero-order valence-corrected chi connectivity index (χ0v) is 9.63. The van der Waals surface area contributed by atoms with Gasteiger partial charge in [0.15, 0.2) is 5.13 Å². The summed E-state index contributed by atoms with van der Waals surface area (Å²) in [6.07, 6.45) is 0. The molecule has 0 fully saturated rings. The molecular weight excluding hydrogens is 258 g/mol. The molecule has 0 aliphatic carbocycles. The van der Waals surface area contributed by atoms with Gasteiger partial charge in [-0.25, -0.2) is 9.37 Å². The van der Waals surface area contributed by atoms with E-state index in [4.69, 9.17) is 23.2 Å². The summed E-state index contributed by atoms with van der Waals surface area (Å²) in [5, 5.41) is 5.61. The summed E-state index contributed by atoms with van der Waals surface area (Å²) < 4.78 is 13.3. The van der Waals surface area contributed by atoms with Crippen molar-refractivity contribution in [2.24, 2.45) is 0 Å². The number of nitrogens with zero attached hydrogens (tertiary/aromatic N) is 1. The van der Waals surface area contributed by atoms with Gasteiger partial charge in [-0.2, -0.15) is 0 Å².